The van der Waals surface area contributed by atoms with Gasteiger partial charge in [-0.3, -0.25) is 4.79 Å². The number of aliphatic hydroxyl groups is 11. The zero-order valence-electron chi connectivity index (χ0n) is 67.4. The average molecular weight is 1510 g/mol. The molecule has 3 rings (SSSR count). The number of allylic oxidation sites excluding steroid dienone is 4. The Morgan fingerprint density at radius 2 is 0.623 bits per heavy atom. The number of hydrogen-bond donors (Lipinski definition) is 12. The van der Waals surface area contributed by atoms with Gasteiger partial charge in [-0.25, -0.2) is 0 Å². The number of amides is 1. The van der Waals surface area contributed by atoms with Crippen molar-refractivity contribution in [3.63, 3.8) is 0 Å². The summed E-state index contributed by atoms with van der Waals surface area (Å²) in [5, 5.41) is 121. The molecule has 106 heavy (non-hydrogen) atoms. The fraction of sp³-hybridized carbons (Fsp3) is 0.943. The quantitative estimate of drug-likeness (QED) is 0.0199. The molecule has 0 radical (unpaired) electrons. The van der Waals surface area contributed by atoms with Crippen LogP contribution in [0.25, 0.3) is 0 Å². The van der Waals surface area contributed by atoms with Gasteiger partial charge in [0.05, 0.1) is 38.6 Å². The highest BCUT2D eigenvalue weighted by molar-refractivity contribution is 5.76. The van der Waals surface area contributed by atoms with Crippen molar-refractivity contribution in [2.24, 2.45) is 0 Å². The highest BCUT2D eigenvalue weighted by Gasteiger charge is 2.54. The molecule has 0 aromatic heterocycles. The van der Waals surface area contributed by atoms with Crippen LogP contribution in [0.5, 0.6) is 0 Å². The molecule has 12 N–H and O–H groups in total. The van der Waals surface area contributed by atoms with Gasteiger partial charge in [-0.05, 0) is 44.9 Å². The number of carbonyl (C=O) groups is 1. The molecule has 0 spiro atoms. The van der Waals surface area contributed by atoms with Crippen molar-refractivity contribution in [1.29, 1.82) is 0 Å². The molecule has 17 atom stereocenters. The van der Waals surface area contributed by atoms with E-state index in [4.69, 9.17) is 28.4 Å². The van der Waals surface area contributed by atoms with Gasteiger partial charge in [-0.15, -0.1) is 0 Å². The van der Waals surface area contributed by atoms with Crippen LogP contribution in [0.1, 0.15) is 393 Å². The van der Waals surface area contributed by atoms with E-state index in [0.29, 0.717) is 12.8 Å². The van der Waals surface area contributed by atoms with Gasteiger partial charge in [0, 0.05) is 6.42 Å². The maximum Gasteiger partial charge on any atom is 0.220 e. The van der Waals surface area contributed by atoms with E-state index < -0.39 is 124 Å². The van der Waals surface area contributed by atoms with Crippen LogP contribution in [0.3, 0.4) is 0 Å². The van der Waals surface area contributed by atoms with Crippen LogP contribution >= 0.6 is 0 Å². The molecule has 0 aromatic rings. The van der Waals surface area contributed by atoms with Crippen LogP contribution in [-0.4, -0.2) is 193 Å². The molecule has 0 bridgehead atoms. The monoisotopic (exact) mass is 1510 g/mol. The van der Waals surface area contributed by atoms with Crippen LogP contribution in [0.4, 0.5) is 0 Å². The van der Waals surface area contributed by atoms with Gasteiger partial charge in [0.1, 0.15) is 73.2 Å². The molecule has 626 valence electrons. The molecule has 3 saturated heterocycles. The fourth-order valence-electron chi connectivity index (χ4n) is 15.4. The molecule has 19 nitrogen and oxygen atoms in total. The molecule has 17 unspecified atom stereocenters. The van der Waals surface area contributed by atoms with Crippen molar-refractivity contribution in [3.05, 3.63) is 24.3 Å². The first kappa shape index (κ1) is 98.5. The second-order valence-corrected chi connectivity index (χ2v) is 32.1. The molecule has 19 heteroatoms. The second-order valence-electron chi connectivity index (χ2n) is 32.1. The van der Waals surface area contributed by atoms with Crippen molar-refractivity contribution in [2.45, 2.75) is 497 Å². The maximum absolute atomic E-state index is 13.5. The molecule has 3 aliphatic rings. The lowest BCUT2D eigenvalue weighted by Gasteiger charge is -2.48. The third-order valence-corrected chi connectivity index (χ3v) is 22.5. The van der Waals surface area contributed by atoms with Crippen LogP contribution in [0, 0.1) is 0 Å². The number of unbranched alkanes of at least 4 members (excludes halogenated alkanes) is 53. The molecular formula is C87H165NO18. The largest absolute Gasteiger partial charge is 0.394 e. The van der Waals surface area contributed by atoms with Crippen molar-refractivity contribution >= 4 is 5.91 Å². The minimum absolute atomic E-state index is 0.233. The Kier molecular flexibility index (Phi) is 62.9. The number of hydrogen-bond acceptors (Lipinski definition) is 18. The smallest absolute Gasteiger partial charge is 0.220 e. The van der Waals surface area contributed by atoms with Gasteiger partial charge in [0.2, 0.25) is 5.91 Å². The third kappa shape index (κ3) is 46.4. The second kappa shape index (κ2) is 67.7. The minimum atomic E-state index is -1.97. The molecule has 0 aliphatic carbocycles. The van der Waals surface area contributed by atoms with Crippen LogP contribution < -0.4 is 5.32 Å². The summed E-state index contributed by atoms with van der Waals surface area (Å²) in [6, 6.07) is -0.887. The van der Waals surface area contributed by atoms with E-state index >= 15 is 0 Å². The first-order valence-corrected chi connectivity index (χ1v) is 44.6. The van der Waals surface area contributed by atoms with Gasteiger partial charge in [0.25, 0.3) is 0 Å². The summed E-state index contributed by atoms with van der Waals surface area (Å²) in [4.78, 5) is 13.5. The minimum Gasteiger partial charge on any atom is -0.394 e. The fourth-order valence-corrected chi connectivity index (χ4v) is 15.4. The van der Waals surface area contributed by atoms with E-state index in [1.807, 2.05) is 0 Å². The summed E-state index contributed by atoms with van der Waals surface area (Å²) in [5.41, 5.74) is 0. The van der Waals surface area contributed by atoms with E-state index in [-0.39, 0.29) is 18.9 Å². The summed E-state index contributed by atoms with van der Waals surface area (Å²) in [7, 11) is 0. The molecule has 3 heterocycles. The lowest BCUT2D eigenvalue weighted by molar-refractivity contribution is -0.379. The number of nitrogens with one attached hydrogen (secondary N) is 1. The highest BCUT2D eigenvalue weighted by Crippen LogP contribution is 2.34. The summed E-state index contributed by atoms with van der Waals surface area (Å²) in [6.45, 7) is 1.86. The average Bonchev–Trinajstić information content (AvgIpc) is 0.781. The Hall–Kier alpha value is -1.73. The topological polar surface area (TPSA) is 307 Å². The van der Waals surface area contributed by atoms with Crippen molar-refractivity contribution in [2.75, 3.05) is 26.4 Å². The van der Waals surface area contributed by atoms with E-state index in [9.17, 15) is 61.0 Å². The normalized spacial score (nSPS) is 25.7. The van der Waals surface area contributed by atoms with E-state index in [0.717, 1.165) is 51.4 Å². The molecule has 3 aliphatic heterocycles. The number of ether oxygens (including phenoxy) is 6. The van der Waals surface area contributed by atoms with E-state index in [2.05, 4.69) is 43.5 Å². The van der Waals surface area contributed by atoms with Gasteiger partial charge in [-0.1, -0.05) is 366 Å². The molecule has 0 aromatic carbocycles. The van der Waals surface area contributed by atoms with Gasteiger partial charge in [-0.2, -0.15) is 0 Å². The standard InChI is InChI=1S/C87H165NO18/c1-3-5-7-9-11-13-15-17-19-21-23-25-27-29-31-33-34-35-36-37-39-41-43-45-47-49-51-53-55-57-59-61-63-65-75(93)88-70(71(92)64-62-60-58-56-54-52-50-48-46-44-42-40-38-32-30-28-26-24-22-20-18-16-14-12-10-8-6-4-2)69-101-85-81(99)78(96)83(73(67-90)103-85)106-87-82(100)79(97)84(74(68-91)104-87)105-86-80(98)77(95)76(94)72(66-89)102-86/h15,17,21,23,70-74,76-87,89-92,94-100H,3-14,16,18-20,22,24-69H2,1-2H3,(H,88,93)/b17-15-,23-21-. The Labute approximate surface area is 645 Å². The third-order valence-electron chi connectivity index (χ3n) is 22.5. The predicted octanol–water partition coefficient (Wildman–Crippen LogP) is 16.5. The van der Waals surface area contributed by atoms with Crippen molar-refractivity contribution in [3.8, 4) is 0 Å². The number of carbonyl (C=O) groups excluding carboxylic acids is 1. The van der Waals surface area contributed by atoms with Crippen molar-refractivity contribution in [1.82, 2.24) is 5.32 Å². The first-order chi connectivity index (χ1) is 51.8. The van der Waals surface area contributed by atoms with Crippen LogP contribution in [0.2, 0.25) is 0 Å². The molecule has 3 fully saturated rings. The predicted molar refractivity (Wildman–Crippen MR) is 425 cm³/mol. The maximum atomic E-state index is 13.5. The Morgan fingerprint density at radius 3 is 0.962 bits per heavy atom. The summed E-state index contributed by atoms with van der Waals surface area (Å²) in [6.07, 6.45) is 57.1. The van der Waals surface area contributed by atoms with Gasteiger partial charge < -0.3 is 89.9 Å². The van der Waals surface area contributed by atoms with Crippen molar-refractivity contribution < 1.29 is 89.4 Å². The lowest BCUT2D eigenvalue weighted by Crippen LogP contribution is -2.66. The Bertz CT molecular complexity index is 2000. The molecular weight excluding hydrogens is 1350 g/mol. The zero-order chi connectivity index (χ0) is 76.7. The summed E-state index contributed by atoms with van der Waals surface area (Å²) < 4.78 is 34.6. The van der Waals surface area contributed by atoms with Crippen LogP contribution in [0.15, 0.2) is 24.3 Å². The number of rotatable bonds is 73. The number of aliphatic hydroxyl groups excluding tert-OH is 11. The highest BCUT2D eigenvalue weighted by atomic mass is 16.8. The summed E-state index contributed by atoms with van der Waals surface area (Å²) >= 11 is 0. The van der Waals surface area contributed by atoms with Crippen LogP contribution in [-0.2, 0) is 33.2 Å². The Balaban J connectivity index is 1.32. The zero-order valence-corrected chi connectivity index (χ0v) is 67.4. The van der Waals surface area contributed by atoms with E-state index in [1.165, 1.54) is 308 Å². The molecule has 1 amide bonds. The van der Waals surface area contributed by atoms with Gasteiger partial charge >= 0.3 is 0 Å². The summed E-state index contributed by atoms with van der Waals surface area (Å²) in [5.74, 6) is -0.233. The Morgan fingerprint density at radius 1 is 0.340 bits per heavy atom. The SMILES string of the molecule is CCCCCCC/C=C\C/C=C\CCCCCCCCCCCCCCCCCCCCCCCC(=O)NC(COC1OC(CO)C(OC2OC(CO)C(OC3OC(CO)C(O)C(O)C3O)C(O)C2O)C(O)C1O)C(O)CCCCCCCCCCCCCCCCCCCCCCCCCCCCCC. The first-order valence-electron chi connectivity index (χ1n) is 44.6. The van der Waals surface area contributed by atoms with Gasteiger partial charge in [0.15, 0.2) is 18.9 Å². The molecule has 0 saturated carbocycles. The van der Waals surface area contributed by atoms with E-state index in [1.54, 1.807) is 0 Å². The lowest BCUT2D eigenvalue weighted by atomic mass is 9.96.